The van der Waals surface area contributed by atoms with Crippen molar-refractivity contribution in [1.82, 2.24) is 5.32 Å². The molecule has 0 amide bonds. The van der Waals surface area contributed by atoms with Crippen LogP contribution in [0.25, 0.3) is 0 Å². The number of aliphatic hydroxyl groups excluding tert-OH is 3. The zero-order valence-electron chi connectivity index (χ0n) is 7.38. The van der Waals surface area contributed by atoms with Gasteiger partial charge in [0.25, 0.3) is 0 Å². The van der Waals surface area contributed by atoms with Gasteiger partial charge in [0, 0.05) is 6.04 Å². The minimum absolute atomic E-state index is 0.0480. The highest BCUT2D eigenvalue weighted by Gasteiger charge is 2.62. The van der Waals surface area contributed by atoms with Gasteiger partial charge in [-0.2, -0.15) is 0 Å². The molecule has 1 aliphatic heterocycles. The maximum absolute atomic E-state index is 9.98. The van der Waals surface area contributed by atoms with E-state index in [4.69, 9.17) is 0 Å². The van der Waals surface area contributed by atoms with Crippen LogP contribution in [0.15, 0.2) is 0 Å². The van der Waals surface area contributed by atoms with E-state index in [0.29, 0.717) is 6.42 Å². The zero-order valence-corrected chi connectivity index (χ0v) is 7.38. The van der Waals surface area contributed by atoms with Crippen molar-refractivity contribution in [3.05, 3.63) is 0 Å². The van der Waals surface area contributed by atoms with Crippen molar-refractivity contribution >= 4 is 0 Å². The third-order valence-electron chi connectivity index (χ3n) is 3.16. The monoisotopic (exact) mass is 189 g/mol. The van der Waals surface area contributed by atoms with E-state index in [-0.39, 0.29) is 6.04 Å². The standard InChI is InChI=1S/C8H15NO4/c1-3-2-8(13)6(9-3)4(10)5(11)7(8)12/h3-7,9-13H,2H2,1H3. The molecular weight excluding hydrogens is 174 g/mol. The molecule has 2 fully saturated rings. The Kier molecular flexibility index (Phi) is 1.91. The van der Waals surface area contributed by atoms with Gasteiger partial charge >= 0.3 is 0 Å². The average molecular weight is 189 g/mol. The highest BCUT2D eigenvalue weighted by molar-refractivity contribution is 5.17. The smallest absolute Gasteiger partial charge is 0.113 e. The number of nitrogens with one attached hydrogen (secondary N) is 1. The molecule has 6 unspecified atom stereocenters. The molecule has 6 atom stereocenters. The molecule has 5 heteroatoms. The largest absolute Gasteiger partial charge is 0.389 e. The Balaban J connectivity index is 2.29. The van der Waals surface area contributed by atoms with Crippen LogP contribution in [0.4, 0.5) is 0 Å². The van der Waals surface area contributed by atoms with E-state index >= 15 is 0 Å². The number of hydrogen-bond acceptors (Lipinski definition) is 5. The molecule has 2 rings (SSSR count). The van der Waals surface area contributed by atoms with Crippen molar-refractivity contribution < 1.29 is 20.4 Å². The molecule has 1 saturated carbocycles. The van der Waals surface area contributed by atoms with Crippen LogP contribution in [0.2, 0.25) is 0 Å². The van der Waals surface area contributed by atoms with E-state index in [1.54, 1.807) is 0 Å². The van der Waals surface area contributed by atoms with Crippen molar-refractivity contribution in [2.45, 2.75) is 49.3 Å². The summed E-state index contributed by atoms with van der Waals surface area (Å²) >= 11 is 0. The van der Waals surface area contributed by atoms with E-state index in [0.717, 1.165) is 0 Å². The van der Waals surface area contributed by atoms with Gasteiger partial charge in [-0.25, -0.2) is 0 Å². The highest BCUT2D eigenvalue weighted by atomic mass is 16.4. The molecule has 0 radical (unpaired) electrons. The fourth-order valence-electron chi connectivity index (χ4n) is 2.51. The lowest BCUT2D eigenvalue weighted by atomic mass is 9.94. The lowest BCUT2D eigenvalue weighted by Gasteiger charge is -2.25. The molecule has 1 aliphatic carbocycles. The average Bonchev–Trinajstić information content (AvgIpc) is 2.44. The van der Waals surface area contributed by atoms with Crippen LogP contribution >= 0.6 is 0 Å². The minimum Gasteiger partial charge on any atom is -0.389 e. The molecule has 5 nitrogen and oxygen atoms in total. The van der Waals surface area contributed by atoms with Crippen LogP contribution in [0.3, 0.4) is 0 Å². The molecular formula is C8H15NO4. The fraction of sp³-hybridized carbons (Fsp3) is 1.00. The summed E-state index contributed by atoms with van der Waals surface area (Å²) in [5.41, 5.74) is -1.38. The second-order valence-electron chi connectivity index (χ2n) is 4.17. The van der Waals surface area contributed by atoms with Gasteiger partial charge in [0.05, 0.1) is 6.04 Å². The van der Waals surface area contributed by atoms with E-state index in [1.165, 1.54) is 0 Å². The third-order valence-corrected chi connectivity index (χ3v) is 3.16. The van der Waals surface area contributed by atoms with Crippen LogP contribution in [0, 0.1) is 0 Å². The van der Waals surface area contributed by atoms with Crippen molar-refractivity contribution in [1.29, 1.82) is 0 Å². The Bertz CT molecular complexity index is 224. The van der Waals surface area contributed by atoms with Crippen molar-refractivity contribution in [3.8, 4) is 0 Å². The van der Waals surface area contributed by atoms with Gasteiger partial charge in [-0.05, 0) is 13.3 Å². The molecule has 1 heterocycles. The summed E-state index contributed by atoms with van der Waals surface area (Å²) in [6.45, 7) is 1.86. The van der Waals surface area contributed by atoms with Crippen molar-refractivity contribution in [3.63, 3.8) is 0 Å². The Morgan fingerprint density at radius 1 is 1.23 bits per heavy atom. The maximum Gasteiger partial charge on any atom is 0.113 e. The van der Waals surface area contributed by atoms with Gasteiger partial charge in [-0.1, -0.05) is 0 Å². The quantitative estimate of drug-likeness (QED) is 0.292. The van der Waals surface area contributed by atoms with Gasteiger partial charge in [-0.15, -0.1) is 0 Å². The summed E-state index contributed by atoms with van der Waals surface area (Å²) in [4.78, 5) is 0. The van der Waals surface area contributed by atoms with Gasteiger partial charge in [-0.3, -0.25) is 0 Å². The molecule has 0 bridgehead atoms. The van der Waals surface area contributed by atoms with E-state index in [9.17, 15) is 20.4 Å². The van der Waals surface area contributed by atoms with Crippen molar-refractivity contribution in [2.24, 2.45) is 0 Å². The molecule has 1 saturated heterocycles. The first-order valence-corrected chi connectivity index (χ1v) is 4.49. The van der Waals surface area contributed by atoms with Crippen LogP contribution in [-0.2, 0) is 0 Å². The maximum atomic E-state index is 9.98. The number of aliphatic hydroxyl groups is 4. The highest BCUT2D eigenvalue weighted by Crippen LogP contribution is 2.39. The van der Waals surface area contributed by atoms with Crippen molar-refractivity contribution in [2.75, 3.05) is 0 Å². The normalized spacial score (nSPS) is 61.2. The van der Waals surface area contributed by atoms with Gasteiger partial charge < -0.3 is 25.7 Å². The Morgan fingerprint density at radius 3 is 2.38 bits per heavy atom. The predicted octanol–water partition coefficient (Wildman–Crippen LogP) is -2.44. The summed E-state index contributed by atoms with van der Waals surface area (Å²) in [6.07, 6.45) is -3.25. The Morgan fingerprint density at radius 2 is 1.85 bits per heavy atom. The fourth-order valence-corrected chi connectivity index (χ4v) is 2.51. The van der Waals surface area contributed by atoms with Crippen LogP contribution < -0.4 is 5.32 Å². The molecule has 5 N–H and O–H groups in total. The molecule has 13 heavy (non-hydrogen) atoms. The molecule has 0 spiro atoms. The van der Waals surface area contributed by atoms with E-state index < -0.39 is 30.0 Å². The summed E-state index contributed by atoms with van der Waals surface area (Å²) in [7, 11) is 0. The number of hydrogen-bond donors (Lipinski definition) is 5. The first-order chi connectivity index (χ1) is 5.97. The van der Waals surface area contributed by atoms with Gasteiger partial charge in [0.1, 0.15) is 23.9 Å². The summed E-state index contributed by atoms with van der Waals surface area (Å²) in [5.74, 6) is 0. The Labute approximate surface area is 76.0 Å². The second kappa shape index (κ2) is 2.65. The molecule has 76 valence electrons. The molecule has 2 aliphatic rings. The topological polar surface area (TPSA) is 93.0 Å². The predicted molar refractivity (Wildman–Crippen MR) is 44.0 cm³/mol. The van der Waals surface area contributed by atoms with Gasteiger partial charge in [0.2, 0.25) is 0 Å². The third kappa shape index (κ3) is 1.05. The summed E-state index contributed by atoms with van der Waals surface area (Å²) in [5, 5.41) is 41.3. The summed E-state index contributed by atoms with van der Waals surface area (Å²) < 4.78 is 0. The minimum atomic E-state index is -1.38. The lowest BCUT2D eigenvalue weighted by Crippen LogP contribution is -2.48. The van der Waals surface area contributed by atoms with E-state index in [2.05, 4.69) is 5.32 Å². The molecule has 0 aromatic heterocycles. The molecule has 0 aromatic carbocycles. The van der Waals surface area contributed by atoms with Crippen LogP contribution in [-0.4, -0.2) is 56.4 Å². The first kappa shape index (κ1) is 9.36. The Hall–Kier alpha value is -0.200. The van der Waals surface area contributed by atoms with Crippen LogP contribution in [0.5, 0.6) is 0 Å². The van der Waals surface area contributed by atoms with E-state index in [1.807, 2.05) is 6.92 Å². The van der Waals surface area contributed by atoms with Crippen LogP contribution in [0.1, 0.15) is 13.3 Å². The SMILES string of the molecule is CC1CC2(O)C(O)C(O)C(O)C2N1. The lowest BCUT2D eigenvalue weighted by molar-refractivity contribution is -0.0900. The number of rotatable bonds is 0. The second-order valence-corrected chi connectivity index (χ2v) is 4.17. The number of fused-ring (bicyclic) bond motifs is 1. The first-order valence-electron chi connectivity index (χ1n) is 4.49. The molecule has 0 aromatic rings. The van der Waals surface area contributed by atoms with Gasteiger partial charge in [0.15, 0.2) is 0 Å². The zero-order chi connectivity index (χ0) is 9.80. The summed E-state index contributed by atoms with van der Waals surface area (Å²) in [6, 6.07) is -0.570.